The first kappa shape index (κ1) is 11.3. The maximum Gasteiger partial charge on any atom is 0.201 e. The van der Waals surface area contributed by atoms with Crippen LogP contribution in [0.2, 0.25) is 0 Å². The zero-order chi connectivity index (χ0) is 12.0. The fourth-order valence-corrected chi connectivity index (χ4v) is 2.97. The second-order valence-electron chi connectivity index (χ2n) is 4.40. The Balaban J connectivity index is 2.18. The molecule has 0 amide bonds. The van der Waals surface area contributed by atoms with Gasteiger partial charge in [-0.1, -0.05) is 0 Å². The third-order valence-corrected chi connectivity index (χ3v) is 4.02. The van der Waals surface area contributed by atoms with Crippen molar-refractivity contribution in [3.8, 4) is 0 Å². The minimum atomic E-state index is 0.203. The lowest BCUT2D eigenvalue weighted by molar-refractivity contribution is 0.109. The van der Waals surface area contributed by atoms with E-state index in [1.54, 1.807) is 0 Å². The highest BCUT2D eigenvalue weighted by Crippen LogP contribution is 2.32. The number of halogens is 1. The van der Waals surface area contributed by atoms with Crippen molar-refractivity contribution in [2.24, 2.45) is 0 Å². The number of hydrogen-bond donors (Lipinski definition) is 1. The fourth-order valence-electron chi connectivity index (χ4n) is 2.50. The van der Waals surface area contributed by atoms with E-state index in [-0.39, 0.29) is 6.10 Å². The zero-order valence-corrected chi connectivity index (χ0v) is 11.7. The van der Waals surface area contributed by atoms with Gasteiger partial charge >= 0.3 is 0 Å². The number of nitrogens with zero attached hydrogens (tertiary/aromatic N) is 2. The molecule has 1 fully saturated rings. The van der Waals surface area contributed by atoms with Crippen LogP contribution in [-0.2, 0) is 4.74 Å². The van der Waals surface area contributed by atoms with E-state index in [0.717, 1.165) is 24.1 Å². The van der Waals surface area contributed by atoms with Crippen LogP contribution in [0.3, 0.4) is 0 Å². The van der Waals surface area contributed by atoms with Crippen LogP contribution in [0, 0.1) is 3.57 Å². The average molecular weight is 343 g/mol. The molecule has 1 aliphatic heterocycles. The molecule has 1 aromatic heterocycles. The number of aromatic nitrogens is 2. The Hall–Kier alpha value is -0.820. The third kappa shape index (κ3) is 1.81. The molecule has 2 unspecified atom stereocenters. The number of hydrogen-bond acceptors (Lipinski definition) is 3. The zero-order valence-electron chi connectivity index (χ0n) is 9.56. The Bertz CT molecular complexity index is 566. The standard InChI is InChI=1S/C12H14IN3O/c1-7-10(4-5-17-7)16-11-3-2-8(13)6-9(11)15-12(16)14/h2-3,6-7,10H,4-5H2,1H3,(H2,14,15). The molecular weight excluding hydrogens is 329 g/mol. The van der Waals surface area contributed by atoms with Crippen LogP contribution in [0.4, 0.5) is 5.95 Å². The second kappa shape index (κ2) is 4.13. The van der Waals surface area contributed by atoms with Crippen LogP contribution in [0.25, 0.3) is 11.0 Å². The summed E-state index contributed by atoms with van der Waals surface area (Å²) in [5, 5.41) is 0. The van der Waals surface area contributed by atoms with Gasteiger partial charge in [-0.2, -0.15) is 0 Å². The van der Waals surface area contributed by atoms with Crippen molar-refractivity contribution in [1.82, 2.24) is 9.55 Å². The Labute approximate surface area is 113 Å². The average Bonchev–Trinajstić information content (AvgIpc) is 2.80. The Morgan fingerprint density at radius 3 is 3.06 bits per heavy atom. The molecule has 5 heteroatoms. The summed E-state index contributed by atoms with van der Waals surface area (Å²) in [5.74, 6) is 0.587. The first-order valence-corrected chi connectivity index (χ1v) is 6.79. The van der Waals surface area contributed by atoms with Gasteiger partial charge in [0.05, 0.1) is 23.2 Å². The van der Waals surface area contributed by atoms with Crippen molar-refractivity contribution in [3.63, 3.8) is 0 Å². The summed E-state index contributed by atoms with van der Waals surface area (Å²) in [5.41, 5.74) is 8.11. The van der Waals surface area contributed by atoms with E-state index in [0.29, 0.717) is 12.0 Å². The Morgan fingerprint density at radius 2 is 2.35 bits per heavy atom. The monoisotopic (exact) mass is 343 g/mol. The highest BCUT2D eigenvalue weighted by atomic mass is 127. The number of nitrogens with two attached hydrogens (primary N) is 1. The van der Waals surface area contributed by atoms with Crippen LogP contribution in [0.5, 0.6) is 0 Å². The molecule has 2 N–H and O–H groups in total. The quantitative estimate of drug-likeness (QED) is 0.810. The maximum absolute atomic E-state index is 6.04. The van der Waals surface area contributed by atoms with E-state index in [1.165, 1.54) is 3.57 Å². The van der Waals surface area contributed by atoms with Crippen molar-refractivity contribution in [2.45, 2.75) is 25.5 Å². The van der Waals surface area contributed by atoms with Crippen LogP contribution < -0.4 is 5.73 Å². The van der Waals surface area contributed by atoms with Crippen LogP contribution in [-0.4, -0.2) is 22.3 Å². The van der Waals surface area contributed by atoms with Gasteiger partial charge in [0.15, 0.2) is 0 Å². The number of fused-ring (bicyclic) bond motifs is 1. The molecule has 2 heterocycles. The summed E-state index contributed by atoms with van der Waals surface area (Å²) in [6, 6.07) is 6.54. The summed E-state index contributed by atoms with van der Waals surface area (Å²) in [4.78, 5) is 4.43. The molecule has 2 atom stereocenters. The van der Waals surface area contributed by atoms with E-state index in [4.69, 9.17) is 10.5 Å². The minimum Gasteiger partial charge on any atom is -0.376 e. The van der Waals surface area contributed by atoms with Crippen molar-refractivity contribution >= 4 is 39.6 Å². The summed E-state index contributed by atoms with van der Waals surface area (Å²) < 4.78 is 8.90. The molecule has 0 spiro atoms. The molecule has 2 aromatic rings. The van der Waals surface area contributed by atoms with Crippen LogP contribution >= 0.6 is 22.6 Å². The van der Waals surface area contributed by atoms with Gasteiger partial charge in [-0.25, -0.2) is 4.98 Å². The summed E-state index contributed by atoms with van der Waals surface area (Å²) >= 11 is 2.29. The lowest BCUT2D eigenvalue weighted by atomic mass is 10.1. The molecule has 0 aliphatic carbocycles. The van der Waals surface area contributed by atoms with Gasteiger partial charge in [0.1, 0.15) is 0 Å². The lowest BCUT2D eigenvalue weighted by Crippen LogP contribution is -2.18. The predicted octanol–water partition coefficient (Wildman–Crippen LogP) is 2.57. The molecule has 0 bridgehead atoms. The second-order valence-corrected chi connectivity index (χ2v) is 5.65. The molecule has 0 saturated carbocycles. The highest BCUT2D eigenvalue weighted by Gasteiger charge is 2.28. The minimum absolute atomic E-state index is 0.203. The van der Waals surface area contributed by atoms with Gasteiger partial charge in [0.25, 0.3) is 0 Å². The van der Waals surface area contributed by atoms with Gasteiger partial charge in [0.2, 0.25) is 5.95 Å². The molecule has 3 rings (SSSR count). The smallest absolute Gasteiger partial charge is 0.201 e. The molecule has 17 heavy (non-hydrogen) atoms. The van der Waals surface area contributed by atoms with Crippen LogP contribution in [0.15, 0.2) is 18.2 Å². The molecule has 1 saturated heterocycles. The predicted molar refractivity (Wildman–Crippen MR) is 75.9 cm³/mol. The third-order valence-electron chi connectivity index (χ3n) is 3.35. The van der Waals surface area contributed by atoms with E-state index in [1.807, 2.05) is 0 Å². The SMILES string of the molecule is CC1OCCC1n1c(N)nc2cc(I)ccc21. The number of anilines is 1. The largest absolute Gasteiger partial charge is 0.376 e. The summed E-state index contributed by atoms with van der Waals surface area (Å²) in [7, 11) is 0. The van der Waals surface area contributed by atoms with Crippen molar-refractivity contribution in [3.05, 3.63) is 21.8 Å². The molecule has 90 valence electrons. The normalized spacial score (nSPS) is 24.6. The number of nitrogen functional groups attached to an aromatic ring is 1. The number of rotatable bonds is 1. The first-order valence-electron chi connectivity index (χ1n) is 5.71. The van der Waals surface area contributed by atoms with E-state index < -0.39 is 0 Å². The molecule has 1 aliphatic rings. The van der Waals surface area contributed by atoms with Crippen molar-refractivity contribution in [1.29, 1.82) is 0 Å². The van der Waals surface area contributed by atoms with Gasteiger partial charge < -0.3 is 15.0 Å². The first-order chi connectivity index (χ1) is 8.16. The van der Waals surface area contributed by atoms with Crippen LogP contribution in [0.1, 0.15) is 19.4 Å². The molecule has 1 aromatic carbocycles. The van der Waals surface area contributed by atoms with Gasteiger partial charge in [-0.3, -0.25) is 0 Å². The van der Waals surface area contributed by atoms with Gasteiger partial charge in [-0.15, -0.1) is 0 Å². The van der Waals surface area contributed by atoms with E-state index in [9.17, 15) is 0 Å². The van der Waals surface area contributed by atoms with Crippen molar-refractivity contribution in [2.75, 3.05) is 12.3 Å². The van der Waals surface area contributed by atoms with E-state index >= 15 is 0 Å². The molecule has 0 radical (unpaired) electrons. The fraction of sp³-hybridized carbons (Fsp3) is 0.417. The lowest BCUT2D eigenvalue weighted by Gasteiger charge is -2.18. The summed E-state index contributed by atoms with van der Waals surface area (Å²) in [6.07, 6.45) is 1.21. The maximum atomic E-state index is 6.04. The summed E-state index contributed by atoms with van der Waals surface area (Å²) in [6.45, 7) is 2.89. The molecular formula is C12H14IN3O. The highest BCUT2D eigenvalue weighted by molar-refractivity contribution is 14.1. The number of benzene rings is 1. The van der Waals surface area contributed by atoms with E-state index in [2.05, 4.69) is 57.3 Å². The topological polar surface area (TPSA) is 53.1 Å². The van der Waals surface area contributed by atoms with Crippen molar-refractivity contribution < 1.29 is 4.74 Å². The Kier molecular flexibility index (Phi) is 2.74. The molecule has 4 nitrogen and oxygen atoms in total. The van der Waals surface area contributed by atoms with Gasteiger partial charge in [-0.05, 0) is 54.1 Å². The number of ether oxygens (including phenoxy) is 1. The van der Waals surface area contributed by atoms with Gasteiger partial charge in [0, 0.05) is 10.2 Å². The number of imidazole rings is 1. The Morgan fingerprint density at radius 1 is 1.53 bits per heavy atom.